The molecule has 6 heteroatoms. The summed E-state index contributed by atoms with van der Waals surface area (Å²) in [5, 5.41) is 3.14. The van der Waals surface area contributed by atoms with Crippen LogP contribution in [0.1, 0.15) is 34.8 Å². The van der Waals surface area contributed by atoms with E-state index in [0.29, 0.717) is 0 Å². The molecule has 0 radical (unpaired) electrons. The first-order valence-corrected chi connectivity index (χ1v) is 11.5. The number of benzene rings is 2. The Morgan fingerprint density at radius 2 is 1.22 bits per heavy atom. The second-order valence-corrected chi connectivity index (χ2v) is 8.10. The number of nitrogens with two attached hydrogens (primary N) is 1. The third-order valence-electron chi connectivity index (χ3n) is 3.53. The maximum atomic E-state index is 9.96. The summed E-state index contributed by atoms with van der Waals surface area (Å²) in [6.45, 7) is 9.45. The normalized spacial score (nSPS) is 9.67. The van der Waals surface area contributed by atoms with Crippen LogP contribution in [0, 0.1) is 27.7 Å². The quantitative estimate of drug-likeness (QED) is 0.289. The summed E-state index contributed by atoms with van der Waals surface area (Å²) < 4.78 is 19.1. The van der Waals surface area contributed by atoms with Gasteiger partial charge in [-0.3, -0.25) is 4.39 Å². The van der Waals surface area contributed by atoms with E-state index in [1.165, 1.54) is 49.4 Å². The largest absolute Gasteiger partial charge is 0.333 e. The van der Waals surface area contributed by atoms with Crippen LogP contribution in [0.25, 0.3) is 0 Å². The molecule has 0 bridgehead atoms. The topological polar surface area (TPSA) is 38.0 Å². The fourth-order valence-corrected chi connectivity index (χ4v) is 3.35. The van der Waals surface area contributed by atoms with E-state index in [4.69, 9.17) is 1.37 Å². The standard InChI is InChI=1S/C10H14BrN.C9H10BrI.CH3F.CH5N/c1-7-4-9(6-12-3)5-8(2)10(7)11;1-6-3-8(5-11)4-7(2)9(6)10;2*1-2/h4-5,12H,6H2,1-3H3;3-4H,5H2,1-2H3;1H3;2H2,1H3/i;;1D;. The molecule has 2 aromatic rings. The van der Waals surface area contributed by atoms with Gasteiger partial charge in [0.15, 0.2) is 0 Å². The zero-order valence-electron chi connectivity index (χ0n) is 18.0. The highest BCUT2D eigenvalue weighted by molar-refractivity contribution is 14.1. The fraction of sp³-hybridized carbons (Fsp3) is 0.429. The molecular weight excluding hydrogens is 586 g/mol. The second-order valence-electron chi connectivity index (χ2n) is 5.75. The van der Waals surface area contributed by atoms with Gasteiger partial charge < -0.3 is 11.1 Å². The number of rotatable bonds is 3. The van der Waals surface area contributed by atoms with Crippen molar-refractivity contribution in [2.75, 3.05) is 21.2 Å². The molecule has 0 unspecified atom stereocenters. The molecule has 0 aromatic heterocycles. The molecule has 0 aliphatic rings. The monoisotopic (exact) mass is 617 g/mol. The number of nitrogens with one attached hydrogen (secondary N) is 1. The summed E-state index contributed by atoms with van der Waals surface area (Å²) in [4.78, 5) is 0. The SMILES string of the molecule is CN.CNCc1cc(C)c(Br)c(C)c1.Cc1cc(CI)cc(C)c1Br.[2H]CF. The zero-order chi connectivity index (χ0) is 22.3. The molecule has 0 amide bonds. The lowest BCUT2D eigenvalue weighted by atomic mass is 10.1. The Hall–Kier alpha value is -0.0200. The Bertz CT molecular complexity index is 654. The van der Waals surface area contributed by atoms with E-state index >= 15 is 0 Å². The summed E-state index contributed by atoms with van der Waals surface area (Å²) in [6, 6.07) is 8.86. The van der Waals surface area contributed by atoms with Crippen LogP contribution in [0.5, 0.6) is 0 Å². The number of hydrogen-bond donors (Lipinski definition) is 2. The average Bonchev–Trinajstić information content (AvgIpc) is 2.66. The molecule has 3 N–H and O–H groups in total. The highest BCUT2D eigenvalue weighted by Crippen LogP contribution is 2.23. The smallest absolute Gasteiger partial charge is 0.0785 e. The van der Waals surface area contributed by atoms with Crippen molar-refractivity contribution in [3.8, 4) is 0 Å². The van der Waals surface area contributed by atoms with E-state index in [1.807, 2.05) is 7.05 Å². The van der Waals surface area contributed by atoms with Crippen molar-refractivity contribution in [3.63, 3.8) is 0 Å². The highest BCUT2D eigenvalue weighted by Gasteiger charge is 2.01. The lowest BCUT2D eigenvalue weighted by Crippen LogP contribution is -2.05. The van der Waals surface area contributed by atoms with Crippen LogP contribution in [-0.2, 0) is 11.0 Å². The predicted octanol–water partition coefficient (Wildman–Crippen LogP) is 6.95. The van der Waals surface area contributed by atoms with Crippen LogP contribution in [-0.4, -0.2) is 21.2 Å². The molecule has 0 heterocycles. The van der Waals surface area contributed by atoms with E-state index in [2.05, 4.69) is 117 Å². The van der Waals surface area contributed by atoms with E-state index in [0.717, 1.165) is 11.0 Å². The van der Waals surface area contributed by atoms with Crippen LogP contribution in [0.3, 0.4) is 0 Å². The van der Waals surface area contributed by atoms with Crippen molar-refractivity contribution in [1.82, 2.24) is 5.32 Å². The van der Waals surface area contributed by atoms with Gasteiger partial charge >= 0.3 is 0 Å². The number of hydrogen-bond acceptors (Lipinski definition) is 2. The molecule has 0 aliphatic carbocycles. The van der Waals surface area contributed by atoms with Gasteiger partial charge in [-0.2, -0.15) is 0 Å². The first-order valence-electron chi connectivity index (χ1n) is 9.07. The summed E-state index contributed by atoms with van der Waals surface area (Å²) >= 11 is 9.47. The third kappa shape index (κ3) is 10.9. The summed E-state index contributed by atoms with van der Waals surface area (Å²) in [6.07, 6.45) is 0. The predicted molar refractivity (Wildman–Crippen MR) is 135 cm³/mol. The molecule has 2 aromatic carbocycles. The Labute approximate surface area is 196 Å². The molecule has 27 heavy (non-hydrogen) atoms. The van der Waals surface area contributed by atoms with Crippen molar-refractivity contribution in [2.45, 2.75) is 38.7 Å². The van der Waals surface area contributed by atoms with Gasteiger partial charge in [0, 0.05) is 19.9 Å². The van der Waals surface area contributed by atoms with Gasteiger partial charge in [-0.15, -0.1) is 0 Å². The van der Waals surface area contributed by atoms with E-state index in [1.54, 1.807) is 0 Å². The van der Waals surface area contributed by atoms with E-state index in [-0.39, 0.29) is 0 Å². The maximum absolute atomic E-state index is 9.96. The Balaban J connectivity index is 0. The minimum atomic E-state index is -1.00. The van der Waals surface area contributed by atoms with Gasteiger partial charge in [0.1, 0.15) is 0 Å². The van der Waals surface area contributed by atoms with Crippen LogP contribution >= 0.6 is 54.5 Å². The minimum absolute atomic E-state index is 0.939. The van der Waals surface area contributed by atoms with Crippen molar-refractivity contribution in [2.24, 2.45) is 5.73 Å². The van der Waals surface area contributed by atoms with Gasteiger partial charge in [-0.05, 0) is 75.2 Å². The first-order chi connectivity index (χ1) is 13.2. The van der Waals surface area contributed by atoms with Crippen LogP contribution in [0.4, 0.5) is 4.39 Å². The van der Waals surface area contributed by atoms with Gasteiger partial charge in [0.25, 0.3) is 0 Å². The van der Waals surface area contributed by atoms with Gasteiger partial charge in [0.2, 0.25) is 0 Å². The van der Waals surface area contributed by atoms with Crippen LogP contribution < -0.4 is 11.1 Å². The number of alkyl halides is 2. The number of halogens is 4. The summed E-state index contributed by atoms with van der Waals surface area (Å²) in [5.74, 6) is 0. The lowest BCUT2D eigenvalue weighted by molar-refractivity contribution is 0.636. The summed E-state index contributed by atoms with van der Waals surface area (Å²) in [7, 11) is 2.46. The minimum Gasteiger partial charge on any atom is -0.333 e. The Kier molecular flexibility index (Phi) is 16.9. The molecule has 0 spiro atoms. The van der Waals surface area contributed by atoms with Crippen LogP contribution in [0.2, 0.25) is 0 Å². The highest BCUT2D eigenvalue weighted by atomic mass is 127. The number of aryl methyl sites for hydroxylation is 4. The Morgan fingerprint density at radius 3 is 1.48 bits per heavy atom. The molecule has 0 saturated carbocycles. The van der Waals surface area contributed by atoms with Crippen molar-refractivity contribution in [3.05, 3.63) is 66.6 Å². The molecule has 2 nitrogen and oxygen atoms in total. The van der Waals surface area contributed by atoms with Gasteiger partial charge in [-0.25, -0.2) is 0 Å². The van der Waals surface area contributed by atoms with Gasteiger partial charge in [-0.1, -0.05) is 78.7 Å². The molecule has 0 atom stereocenters. The lowest BCUT2D eigenvalue weighted by Gasteiger charge is -2.06. The molecule has 0 aliphatic heterocycles. The molecule has 0 fully saturated rings. The molecule has 0 saturated heterocycles. The van der Waals surface area contributed by atoms with Gasteiger partial charge in [0.05, 0.1) is 8.52 Å². The second kappa shape index (κ2) is 16.9. The van der Waals surface area contributed by atoms with Crippen LogP contribution in [0.15, 0.2) is 33.2 Å². The average molecular weight is 619 g/mol. The molecular formula is C21H32Br2FIN2. The van der Waals surface area contributed by atoms with E-state index < -0.39 is 7.15 Å². The van der Waals surface area contributed by atoms with Crippen molar-refractivity contribution >= 4 is 54.5 Å². The molecule has 154 valence electrons. The summed E-state index contributed by atoms with van der Waals surface area (Å²) in [5.41, 5.74) is 12.5. The third-order valence-corrected chi connectivity index (χ3v) is 6.91. The van der Waals surface area contributed by atoms with E-state index in [9.17, 15) is 4.39 Å². The maximum Gasteiger partial charge on any atom is 0.0785 e. The zero-order valence-corrected chi connectivity index (χ0v) is 22.3. The van der Waals surface area contributed by atoms with Crippen molar-refractivity contribution in [1.29, 1.82) is 0 Å². The Morgan fingerprint density at radius 1 is 0.926 bits per heavy atom. The first kappa shape index (κ1) is 27.0. The fourth-order valence-electron chi connectivity index (χ4n) is 2.45. The van der Waals surface area contributed by atoms with Crippen molar-refractivity contribution < 1.29 is 5.76 Å². The molecule has 2 rings (SSSR count).